The number of ether oxygens (including phenoxy) is 1. The molecule has 1 spiro atoms. The zero-order chi connectivity index (χ0) is 22.9. The van der Waals surface area contributed by atoms with Crippen molar-refractivity contribution in [2.45, 2.75) is 11.7 Å². The summed E-state index contributed by atoms with van der Waals surface area (Å²) in [4.78, 5) is 55.9. The number of hydrogen-bond donors (Lipinski definition) is 0. The van der Waals surface area contributed by atoms with Crippen LogP contribution < -0.4 is 4.90 Å². The van der Waals surface area contributed by atoms with Crippen molar-refractivity contribution in [2.75, 3.05) is 4.90 Å². The van der Waals surface area contributed by atoms with E-state index in [9.17, 15) is 19.2 Å². The summed E-state index contributed by atoms with van der Waals surface area (Å²) in [7, 11) is 0. The number of benzene rings is 3. The number of Topliss-reactive ketones (excluding diaryl/α,β-unsaturated/α-hetero) is 2. The molecule has 2 fully saturated rings. The second-order valence-electron chi connectivity index (χ2n) is 8.38. The van der Waals surface area contributed by atoms with Crippen LogP contribution >= 0.6 is 15.9 Å². The van der Waals surface area contributed by atoms with E-state index < -0.39 is 46.9 Å². The number of hydrogen-bond acceptors (Lipinski definition) is 5. The van der Waals surface area contributed by atoms with Crippen LogP contribution in [0.1, 0.15) is 32.4 Å². The molecule has 3 aromatic rings. The number of halogens is 1. The molecule has 0 N–H and O–H groups in total. The maximum atomic E-state index is 13.8. The fourth-order valence-electron chi connectivity index (χ4n) is 5.31. The Morgan fingerprint density at radius 2 is 1.30 bits per heavy atom. The van der Waals surface area contributed by atoms with Gasteiger partial charge in [0.25, 0.3) is 0 Å². The lowest BCUT2D eigenvalue weighted by Crippen LogP contribution is -2.51. The Kier molecular flexibility index (Phi) is 4.31. The van der Waals surface area contributed by atoms with Crippen LogP contribution in [0.2, 0.25) is 0 Å². The third kappa shape index (κ3) is 2.57. The number of carbonyl (C=O) groups excluding carboxylic acids is 4. The highest BCUT2D eigenvalue weighted by Crippen LogP contribution is 2.57. The molecule has 6 rings (SSSR count). The minimum atomic E-state index is -2.05. The summed E-state index contributed by atoms with van der Waals surface area (Å²) in [5.41, 5.74) is -0.583. The standard InChI is InChI=1S/C26H16BrNO5/c27-15-10-12-16(13-11-15)28-24(31)19-20(25(28)32)26(33-21(19)14-6-2-1-3-7-14)22(29)17-8-4-5-9-18(17)23(26)30/h1-13,19-21H/t19-,20-,21+/m0/s1. The predicted molar refractivity (Wildman–Crippen MR) is 122 cm³/mol. The van der Waals surface area contributed by atoms with Crippen LogP contribution in [-0.2, 0) is 14.3 Å². The van der Waals surface area contributed by atoms with Crippen molar-refractivity contribution >= 4 is 45.0 Å². The van der Waals surface area contributed by atoms with E-state index in [0.29, 0.717) is 11.3 Å². The van der Waals surface area contributed by atoms with Gasteiger partial charge in [0.15, 0.2) is 0 Å². The molecule has 3 aromatic carbocycles. The maximum Gasteiger partial charge on any atom is 0.241 e. The number of nitrogens with zero attached hydrogens (tertiary/aromatic N) is 1. The summed E-state index contributed by atoms with van der Waals surface area (Å²) in [5.74, 6) is -4.43. The number of ketones is 2. The van der Waals surface area contributed by atoms with Gasteiger partial charge in [0.05, 0.1) is 23.6 Å². The molecular formula is C26H16BrNO5. The Hall–Kier alpha value is -3.42. The predicted octanol–water partition coefficient (Wildman–Crippen LogP) is 4.14. The first-order valence-corrected chi connectivity index (χ1v) is 11.3. The van der Waals surface area contributed by atoms with Crippen LogP contribution in [0.4, 0.5) is 5.69 Å². The van der Waals surface area contributed by atoms with Gasteiger partial charge in [0, 0.05) is 15.6 Å². The van der Waals surface area contributed by atoms with Crippen molar-refractivity contribution in [1.82, 2.24) is 0 Å². The van der Waals surface area contributed by atoms with Crippen molar-refractivity contribution in [2.24, 2.45) is 11.8 Å². The summed E-state index contributed by atoms with van der Waals surface area (Å²) in [6, 6.07) is 22.2. The zero-order valence-corrected chi connectivity index (χ0v) is 18.7. The minimum Gasteiger partial charge on any atom is -0.349 e. The molecule has 3 atom stereocenters. The van der Waals surface area contributed by atoms with Crippen LogP contribution in [0.5, 0.6) is 0 Å². The summed E-state index contributed by atoms with van der Waals surface area (Å²) in [5, 5.41) is 0. The molecule has 7 heteroatoms. The van der Waals surface area contributed by atoms with Crippen LogP contribution in [0.3, 0.4) is 0 Å². The molecule has 0 aromatic heterocycles. The number of imide groups is 1. The summed E-state index contributed by atoms with van der Waals surface area (Å²) in [6.45, 7) is 0. The fraction of sp³-hybridized carbons (Fsp3) is 0.154. The molecule has 2 amide bonds. The molecule has 162 valence electrons. The summed E-state index contributed by atoms with van der Waals surface area (Å²) >= 11 is 3.36. The number of amides is 2. The van der Waals surface area contributed by atoms with Gasteiger partial charge in [0.2, 0.25) is 29.0 Å². The molecule has 0 saturated carbocycles. The number of carbonyl (C=O) groups is 4. The van der Waals surface area contributed by atoms with Crippen molar-refractivity contribution in [3.05, 3.63) is 100 Å². The van der Waals surface area contributed by atoms with Gasteiger partial charge in [-0.2, -0.15) is 0 Å². The normalized spacial score (nSPS) is 25.1. The van der Waals surface area contributed by atoms with E-state index in [1.165, 1.54) is 0 Å². The second kappa shape index (κ2) is 7.04. The Labute approximate surface area is 197 Å². The number of fused-ring (bicyclic) bond motifs is 3. The van der Waals surface area contributed by atoms with Crippen LogP contribution in [0, 0.1) is 11.8 Å². The first-order chi connectivity index (χ1) is 15.9. The number of rotatable bonds is 2. The van der Waals surface area contributed by atoms with E-state index in [-0.39, 0.29) is 11.1 Å². The Balaban J connectivity index is 1.55. The van der Waals surface area contributed by atoms with Gasteiger partial charge in [-0.05, 0) is 29.8 Å². The fourth-order valence-corrected chi connectivity index (χ4v) is 5.57. The lowest BCUT2D eigenvalue weighted by molar-refractivity contribution is -0.127. The minimum absolute atomic E-state index is 0.220. The van der Waals surface area contributed by atoms with Crippen molar-refractivity contribution in [1.29, 1.82) is 0 Å². The Morgan fingerprint density at radius 3 is 1.91 bits per heavy atom. The van der Waals surface area contributed by atoms with Crippen LogP contribution in [0.25, 0.3) is 0 Å². The molecule has 2 aliphatic heterocycles. The van der Waals surface area contributed by atoms with E-state index in [1.807, 2.05) is 6.07 Å². The zero-order valence-electron chi connectivity index (χ0n) is 17.1. The molecule has 6 nitrogen and oxygen atoms in total. The molecule has 33 heavy (non-hydrogen) atoms. The topological polar surface area (TPSA) is 80.8 Å². The van der Waals surface area contributed by atoms with E-state index in [0.717, 1.165) is 9.37 Å². The van der Waals surface area contributed by atoms with Gasteiger partial charge in [-0.1, -0.05) is 70.5 Å². The highest BCUT2D eigenvalue weighted by atomic mass is 79.9. The van der Waals surface area contributed by atoms with Crippen LogP contribution in [0.15, 0.2) is 83.3 Å². The first kappa shape index (κ1) is 20.2. The third-order valence-corrected chi connectivity index (χ3v) is 7.26. The van der Waals surface area contributed by atoms with Crippen LogP contribution in [-0.4, -0.2) is 29.0 Å². The maximum absolute atomic E-state index is 13.8. The molecule has 1 aliphatic carbocycles. The molecule has 2 heterocycles. The molecule has 3 aliphatic rings. The smallest absolute Gasteiger partial charge is 0.241 e. The summed E-state index contributed by atoms with van der Waals surface area (Å²) < 4.78 is 7.03. The summed E-state index contributed by atoms with van der Waals surface area (Å²) in [6.07, 6.45) is -0.907. The molecule has 0 bridgehead atoms. The lowest BCUT2D eigenvalue weighted by atomic mass is 9.77. The monoisotopic (exact) mass is 501 g/mol. The Bertz CT molecular complexity index is 1320. The lowest BCUT2D eigenvalue weighted by Gasteiger charge is -2.27. The highest BCUT2D eigenvalue weighted by molar-refractivity contribution is 9.10. The van der Waals surface area contributed by atoms with Crippen molar-refractivity contribution < 1.29 is 23.9 Å². The van der Waals surface area contributed by atoms with Gasteiger partial charge in [0.1, 0.15) is 0 Å². The first-order valence-electron chi connectivity index (χ1n) is 10.5. The highest BCUT2D eigenvalue weighted by Gasteiger charge is 2.74. The molecule has 0 unspecified atom stereocenters. The average molecular weight is 502 g/mol. The van der Waals surface area contributed by atoms with Gasteiger partial charge < -0.3 is 4.74 Å². The van der Waals surface area contributed by atoms with Gasteiger partial charge in [-0.15, -0.1) is 0 Å². The van der Waals surface area contributed by atoms with Gasteiger partial charge in [-0.25, -0.2) is 4.90 Å². The van der Waals surface area contributed by atoms with E-state index in [2.05, 4.69) is 15.9 Å². The second-order valence-corrected chi connectivity index (χ2v) is 9.30. The SMILES string of the molecule is O=C1[C@@H]2[C@@H](c3ccccc3)OC3(C(=O)c4ccccc4C3=O)[C@@H]2C(=O)N1c1ccc(Br)cc1. The van der Waals surface area contributed by atoms with Gasteiger partial charge in [-0.3, -0.25) is 19.2 Å². The third-order valence-electron chi connectivity index (χ3n) is 6.73. The van der Waals surface area contributed by atoms with Gasteiger partial charge >= 0.3 is 0 Å². The van der Waals surface area contributed by atoms with Crippen molar-refractivity contribution in [3.8, 4) is 0 Å². The molecule has 0 radical (unpaired) electrons. The largest absolute Gasteiger partial charge is 0.349 e. The quantitative estimate of drug-likeness (QED) is 0.389. The molecule has 2 saturated heterocycles. The van der Waals surface area contributed by atoms with E-state index in [4.69, 9.17) is 4.74 Å². The average Bonchev–Trinajstić information content (AvgIpc) is 3.41. The van der Waals surface area contributed by atoms with E-state index in [1.54, 1.807) is 72.8 Å². The Morgan fingerprint density at radius 1 is 0.727 bits per heavy atom. The van der Waals surface area contributed by atoms with E-state index >= 15 is 0 Å². The number of anilines is 1. The van der Waals surface area contributed by atoms with Crippen molar-refractivity contribution in [3.63, 3.8) is 0 Å². The molecular weight excluding hydrogens is 486 g/mol.